The molecule has 138 valence electrons. The highest BCUT2D eigenvalue weighted by atomic mass is 16.3. The molecule has 1 spiro atoms. The fourth-order valence-corrected chi connectivity index (χ4v) is 8.01. The van der Waals surface area contributed by atoms with Crippen LogP contribution in [-0.2, 0) is 0 Å². The third-order valence-electron chi connectivity index (χ3n) is 9.39. The molecule has 4 rings (SSSR count). The van der Waals surface area contributed by atoms with Gasteiger partial charge in [-0.2, -0.15) is 0 Å². The Bertz CT molecular complexity index is 534. The quantitative estimate of drug-likeness (QED) is 0.590. The van der Waals surface area contributed by atoms with Crippen molar-refractivity contribution in [2.24, 2.45) is 34.0 Å². The second-order valence-electron chi connectivity index (χ2n) is 10.3. The van der Waals surface area contributed by atoms with E-state index >= 15 is 0 Å². The predicted octanol–water partition coefficient (Wildman–Crippen LogP) is 2.08. The molecule has 4 nitrogen and oxygen atoms in total. The van der Waals surface area contributed by atoms with Gasteiger partial charge in [0.2, 0.25) is 0 Å². The van der Waals surface area contributed by atoms with Gasteiger partial charge in [0, 0.05) is 11.8 Å². The summed E-state index contributed by atoms with van der Waals surface area (Å²) in [6.45, 7) is 6.50. The van der Waals surface area contributed by atoms with Gasteiger partial charge in [-0.05, 0) is 67.1 Å². The van der Waals surface area contributed by atoms with Gasteiger partial charge in [-0.3, -0.25) is 0 Å². The van der Waals surface area contributed by atoms with Gasteiger partial charge < -0.3 is 20.4 Å². The highest BCUT2D eigenvalue weighted by molar-refractivity contribution is 5.21. The summed E-state index contributed by atoms with van der Waals surface area (Å²) in [5.74, 6) is 0.936. The SMILES string of the molecule is CC1(C)C2CC[C@H]3C[C@H]4C[C@@]3([C@@H](O)C[C@@]4(O)CO)[C@@]2(C)CC[C@@H]1O. The molecular weight excluding hydrogens is 304 g/mol. The van der Waals surface area contributed by atoms with E-state index in [-0.39, 0.29) is 34.9 Å². The van der Waals surface area contributed by atoms with Crippen molar-refractivity contribution in [3.8, 4) is 0 Å². The standard InChI is InChI=1S/C20H34O4/c1-17(2)14-5-4-12-8-13-9-20(12,16(23)10-19(13,24)11-21)18(14,3)7-6-15(17)22/h12-16,21-24H,4-11H2,1-3H3/t12-,13-,14?,15-,16-,18-,19+,20+/m0/s1. The van der Waals surface area contributed by atoms with Crippen LogP contribution in [0.4, 0.5) is 0 Å². The average Bonchev–Trinajstić information content (AvgIpc) is 2.90. The Balaban J connectivity index is 1.79. The number of aliphatic hydroxyl groups is 4. The zero-order chi connectivity index (χ0) is 17.5. The van der Waals surface area contributed by atoms with Crippen LogP contribution in [0, 0.1) is 34.0 Å². The zero-order valence-corrected chi connectivity index (χ0v) is 15.3. The maximum atomic E-state index is 11.3. The van der Waals surface area contributed by atoms with E-state index in [1.165, 1.54) is 0 Å². The average molecular weight is 338 g/mol. The number of rotatable bonds is 1. The van der Waals surface area contributed by atoms with Crippen molar-refractivity contribution in [3.63, 3.8) is 0 Å². The summed E-state index contributed by atoms with van der Waals surface area (Å²) < 4.78 is 0. The van der Waals surface area contributed by atoms with Crippen molar-refractivity contribution in [3.05, 3.63) is 0 Å². The first kappa shape index (κ1) is 17.3. The monoisotopic (exact) mass is 338 g/mol. The number of fused-ring (bicyclic) bond motifs is 2. The van der Waals surface area contributed by atoms with Crippen molar-refractivity contribution in [2.45, 2.75) is 83.5 Å². The second kappa shape index (κ2) is 4.97. The maximum Gasteiger partial charge on any atom is 0.0930 e. The Kier molecular flexibility index (Phi) is 3.57. The van der Waals surface area contributed by atoms with Gasteiger partial charge in [-0.1, -0.05) is 20.8 Å². The van der Waals surface area contributed by atoms with Crippen LogP contribution in [-0.4, -0.2) is 44.8 Å². The first-order chi connectivity index (χ1) is 11.1. The number of hydrogen-bond donors (Lipinski definition) is 4. The predicted molar refractivity (Wildman–Crippen MR) is 91.2 cm³/mol. The summed E-state index contributed by atoms with van der Waals surface area (Å²) in [4.78, 5) is 0. The second-order valence-corrected chi connectivity index (χ2v) is 10.3. The van der Waals surface area contributed by atoms with E-state index in [1.807, 2.05) is 0 Å². The molecule has 0 aromatic heterocycles. The van der Waals surface area contributed by atoms with E-state index in [9.17, 15) is 20.4 Å². The fourth-order valence-electron chi connectivity index (χ4n) is 8.01. The summed E-state index contributed by atoms with van der Waals surface area (Å²) >= 11 is 0. The lowest BCUT2D eigenvalue weighted by atomic mass is 9.38. The van der Waals surface area contributed by atoms with Gasteiger partial charge in [-0.25, -0.2) is 0 Å². The molecule has 4 aliphatic carbocycles. The van der Waals surface area contributed by atoms with Crippen LogP contribution in [0.5, 0.6) is 0 Å². The lowest BCUT2D eigenvalue weighted by Crippen LogP contribution is -2.66. The van der Waals surface area contributed by atoms with Gasteiger partial charge in [0.25, 0.3) is 0 Å². The first-order valence-electron chi connectivity index (χ1n) is 9.81. The molecule has 0 aliphatic heterocycles. The molecule has 0 radical (unpaired) electrons. The van der Waals surface area contributed by atoms with Crippen molar-refractivity contribution < 1.29 is 20.4 Å². The largest absolute Gasteiger partial charge is 0.393 e. The Labute approximate surface area is 145 Å². The molecule has 4 fully saturated rings. The third-order valence-corrected chi connectivity index (χ3v) is 9.39. The van der Waals surface area contributed by atoms with Crippen LogP contribution in [0.25, 0.3) is 0 Å². The van der Waals surface area contributed by atoms with E-state index in [0.717, 1.165) is 38.5 Å². The summed E-state index contributed by atoms with van der Waals surface area (Å²) in [6, 6.07) is 0. The van der Waals surface area contributed by atoms with Crippen molar-refractivity contribution in [1.29, 1.82) is 0 Å². The molecule has 24 heavy (non-hydrogen) atoms. The molecule has 2 bridgehead atoms. The Morgan fingerprint density at radius 1 is 0.917 bits per heavy atom. The molecule has 4 saturated carbocycles. The molecule has 8 atom stereocenters. The van der Waals surface area contributed by atoms with Crippen LogP contribution in [0.1, 0.15) is 65.7 Å². The Morgan fingerprint density at radius 3 is 2.29 bits per heavy atom. The molecular formula is C20H34O4. The molecule has 0 aromatic carbocycles. The lowest BCUT2D eigenvalue weighted by Gasteiger charge is -2.67. The Morgan fingerprint density at radius 2 is 1.62 bits per heavy atom. The summed E-state index contributed by atoms with van der Waals surface area (Å²) in [6.07, 6.45) is 5.17. The molecule has 0 amide bonds. The van der Waals surface area contributed by atoms with Gasteiger partial charge in [0.15, 0.2) is 0 Å². The lowest BCUT2D eigenvalue weighted by molar-refractivity contribution is -0.242. The number of aliphatic hydroxyl groups excluding tert-OH is 3. The summed E-state index contributed by atoms with van der Waals surface area (Å²) in [5.41, 5.74) is -1.39. The maximum absolute atomic E-state index is 11.3. The van der Waals surface area contributed by atoms with Gasteiger partial charge in [-0.15, -0.1) is 0 Å². The topological polar surface area (TPSA) is 80.9 Å². The minimum Gasteiger partial charge on any atom is -0.393 e. The first-order valence-corrected chi connectivity index (χ1v) is 9.81. The van der Waals surface area contributed by atoms with Crippen LogP contribution >= 0.6 is 0 Å². The molecule has 4 N–H and O–H groups in total. The van der Waals surface area contributed by atoms with E-state index in [4.69, 9.17) is 0 Å². The van der Waals surface area contributed by atoms with E-state index in [0.29, 0.717) is 18.3 Å². The number of hydrogen-bond acceptors (Lipinski definition) is 4. The summed E-state index contributed by atoms with van der Waals surface area (Å²) in [7, 11) is 0. The minimum atomic E-state index is -1.11. The molecule has 0 heterocycles. The molecule has 1 unspecified atom stereocenters. The van der Waals surface area contributed by atoms with Crippen molar-refractivity contribution in [2.75, 3.05) is 6.61 Å². The van der Waals surface area contributed by atoms with E-state index < -0.39 is 11.7 Å². The normalized spacial score (nSPS) is 58.9. The molecule has 0 saturated heterocycles. The third kappa shape index (κ3) is 1.79. The minimum absolute atomic E-state index is 0.00357. The van der Waals surface area contributed by atoms with E-state index in [1.54, 1.807) is 0 Å². The fraction of sp³-hybridized carbons (Fsp3) is 1.00. The molecule has 4 heteroatoms. The van der Waals surface area contributed by atoms with Gasteiger partial charge >= 0.3 is 0 Å². The zero-order valence-electron chi connectivity index (χ0n) is 15.3. The van der Waals surface area contributed by atoms with Crippen molar-refractivity contribution in [1.82, 2.24) is 0 Å². The smallest absolute Gasteiger partial charge is 0.0930 e. The molecule has 4 aliphatic rings. The summed E-state index contributed by atoms with van der Waals surface area (Å²) in [5, 5.41) is 42.5. The van der Waals surface area contributed by atoms with Crippen LogP contribution in [0.15, 0.2) is 0 Å². The van der Waals surface area contributed by atoms with Crippen LogP contribution in [0.2, 0.25) is 0 Å². The molecule has 0 aromatic rings. The Hall–Kier alpha value is -0.160. The highest BCUT2D eigenvalue weighted by Crippen LogP contribution is 2.75. The van der Waals surface area contributed by atoms with Crippen molar-refractivity contribution >= 4 is 0 Å². The van der Waals surface area contributed by atoms with Crippen LogP contribution < -0.4 is 0 Å². The van der Waals surface area contributed by atoms with Gasteiger partial charge in [0.05, 0.1) is 24.4 Å². The highest BCUT2D eigenvalue weighted by Gasteiger charge is 2.72. The van der Waals surface area contributed by atoms with Gasteiger partial charge in [0.1, 0.15) is 0 Å². The van der Waals surface area contributed by atoms with Crippen LogP contribution in [0.3, 0.4) is 0 Å². The van der Waals surface area contributed by atoms with E-state index in [2.05, 4.69) is 20.8 Å².